The van der Waals surface area contributed by atoms with E-state index in [0.717, 1.165) is 11.6 Å². The van der Waals surface area contributed by atoms with Crippen LogP contribution in [0.4, 0.5) is 16.0 Å². The maximum atomic E-state index is 13.9. The molecule has 0 radical (unpaired) electrons. The predicted octanol–water partition coefficient (Wildman–Crippen LogP) is 2.53. The van der Waals surface area contributed by atoms with Crippen molar-refractivity contribution < 1.29 is 9.18 Å². The van der Waals surface area contributed by atoms with Crippen LogP contribution in [-0.4, -0.2) is 61.0 Å². The number of hydrogen-bond acceptors (Lipinski definition) is 5. The molecule has 0 aliphatic carbocycles. The van der Waals surface area contributed by atoms with Gasteiger partial charge in [0.25, 0.3) is 0 Å². The van der Waals surface area contributed by atoms with Gasteiger partial charge in [-0.15, -0.1) is 0 Å². The molecule has 1 fully saturated rings. The lowest BCUT2D eigenvalue weighted by Crippen LogP contribution is -2.49. The van der Waals surface area contributed by atoms with Crippen molar-refractivity contribution in [3.8, 4) is 0 Å². The molecule has 6 nitrogen and oxygen atoms in total. The second kappa shape index (κ2) is 8.08. The van der Waals surface area contributed by atoms with Crippen LogP contribution < -0.4 is 9.80 Å². The molecule has 8 heteroatoms. The Morgan fingerprint density at radius 2 is 1.93 bits per heavy atom. The maximum absolute atomic E-state index is 13.9. The minimum atomic E-state index is -0.442. The van der Waals surface area contributed by atoms with Crippen molar-refractivity contribution in [3.05, 3.63) is 46.5 Å². The van der Waals surface area contributed by atoms with Crippen molar-refractivity contribution >= 4 is 29.1 Å². The van der Waals surface area contributed by atoms with Gasteiger partial charge in [-0.05, 0) is 19.1 Å². The largest absolute Gasteiger partial charge is 0.363 e. The van der Waals surface area contributed by atoms with Gasteiger partial charge in [0.05, 0.1) is 6.42 Å². The van der Waals surface area contributed by atoms with Gasteiger partial charge < -0.3 is 14.7 Å². The van der Waals surface area contributed by atoms with Gasteiger partial charge in [-0.2, -0.15) is 0 Å². The van der Waals surface area contributed by atoms with E-state index in [0.29, 0.717) is 32.0 Å². The summed E-state index contributed by atoms with van der Waals surface area (Å²) in [5.41, 5.74) is 0.258. The summed E-state index contributed by atoms with van der Waals surface area (Å²) in [4.78, 5) is 27.3. The van der Waals surface area contributed by atoms with E-state index in [2.05, 4.69) is 14.9 Å². The summed E-state index contributed by atoms with van der Waals surface area (Å²) in [6.45, 7) is 4.32. The summed E-state index contributed by atoms with van der Waals surface area (Å²) in [6, 6.07) is 6.41. The quantitative estimate of drug-likeness (QED) is 0.801. The first-order valence-electron chi connectivity index (χ1n) is 8.84. The number of nitrogens with zero attached hydrogens (tertiary/aromatic N) is 5. The van der Waals surface area contributed by atoms with Crippen LogP contribution in [0.1, 0.15) is 11.4 Å². The lowest BCUT2D eigenvalue weighted by molar-refractivity contribution is -0.130. The highest BCUT2D eigenvalue weighted by atomic mass is 35.5. The number of aromatic nitrogens is 2. The monoisotopic (exact) mass is 391 g/mol. The third-order valence-electron chi connectivity index (χ3n) is 4.62. The number of halogens is 2. The third-order valence-corrected chi connectivity index (χ3v) is 4.97. The summed E-state index contributed by atoms with van der Waals surface area (Å²) >= 11 is 6.03. The second-order valence-electron chi connectivity index (χ2n) is 6.77. The molecule has 1 aliphatic heterocycles. The molecular formula is C19H23ClFN5O. The zero-order valence-electron chi connectivity index (χ0n) is 15.7. The first-order valence-corrected chi connectivity index (χ1v) is 9.21. The van der Waals surface area contributed by atoms with Crippen molar-refractivity contribution in [2.45, 2.75) is 13.3 Å². The van der Waals surface area contributed by atoms with E-state index < -0.39 is 5.82 Å². The minimum absolute atomic E-state index is 0.0249. The number of amides is 1. The summed E-state index contributed by atoms with van der Waals surface area (Å²) < 4.78 is 13.9. The van der Waals surface area contributed by atoms with Crippen LogP contribution in [0.3, 0.4) is 0 Å². The SMILES string of the molecule is Cc1nc(N(C)C)cc(N2CCN(C(=O)Cc3c(F)cccc3Cl)CC2)n1. The van der Waals surface area contributed by atoms with Crippen LogP contribution in [0.25, 0.3) is 0 Å². The Morgan fingerprint density at radius 3 is 2.56 bits per heavy atom. The highest BCUT2D eigenvalue weighted by molar-refractivity contribution is 6.31. The van der Waals surface area contributed by atoms with E-state index >= 15 is 0 Å². The Morgan fingerprint density at radius 1 is 1.22 bits per heavy atom. The molecule has 0 unspecified atom stereocenters. The number of hydrogen-bond donors (Lipinski definition) is 0. The van der Waals surface area contributed by atoms with Crippen LogP contribution in [0, 0.1) is 12.7 Å². The van der Waals surface area contributed by atoms with Crippen molar-refractivity contribution in [2.75, 3.05) is 50.1 Å². The number of aryl methyl sites for hydroxylation is 1. The van der Waals surface area contributed by atoms with Gasteiger partial charge in [-0.3, -0.25) is 4.79 Å². The average molecular weight is 392 g/mol. The van der Waals surface area contributed by atoms with Gasteiger partial charge in [0.1, 0.15) is 23.3 Å². The second-order valence-corrected chi connectivity index (χ2v) is 7.18. The van der Waals surface area contributed by atoms with Gasteiger partial charge in [-0.1, -0.05) is 17.7 Å². The first kappa shape index (κ1) is 19.4. The van der Waals surface area contributed by atoms with E-state index in [1.807, 2.05) is 32.0 Å². The Kier molecular flexibility index (Phi) is 5.79. The Hall–Kier alpha value is -2.41. The molecule has 1 aliphatic rings. The first-order chi connectivity index (χ1) is 12.8. The average Bonchev–Trinajstić information content (AvgIpc) is 2.64. The van der Waals surface area contributed by atoms with Crippen LogP contribution >= 0.6 is 11.6 Å². The lowest BCUT2D eigenvalue weighted by Gasteiger charge is -2.35. The van der Waals surface area contributed by atoms with E-state index in [1.54, 1.807) is 11.0 Å². The van der Waals surface area contributed by atoms with E-state index in [4.69, 9.17) is 11.6 Å². The predicted molar refractivity (Wildman–Crippen MR) is 105 cm³/mol. The lowest BCUT2D eigenvalue weighted by atomic mass is 10.1. The number of piperazine rings is 1. The van der Waals surface area contributed by atoms with Crippen molar-refractivity contribution in [3.63, 3.8) is 0 Å². The molecule has 0 atom stereocenters. The molecule has 2 heterocycles. The van der Waals surface area contributed by atoms with Gasteiger partial charge in [-0.25, -0.2) is 14.4 Å². The van der Waals surface area contributed by atoms with Gasteiger partial charge in [0, 0.05) is 56.9 Å². The van der Waals surface area contributed by atoms with Gasteiger partial charge >= 0.3 is 0 Å². The fraction of sp³-hybridized carbons (Fsp3) is 0.421. The summed E-state index contributed by atoms with van der Waals surface area (Å²) in [6.07, 6.45) is -0.0249. The van der Waals surface area contributed by atoms with E-state index in [1.165, 1.54) is 12.1 Å². The summed E-state index contributed by atoms with van der Waals surface area (Å²) in [5.74, 6) is 1.86. The molecule has 0 spiro atoms. The van der Waals surface area contributed by atoms with E-state index in [-0.39, 0.29) is 22.9 Å². The van der Waals surface area contributed by atoms with Gasteiger partial charge in [0.2, 0.25) is 5.91 Å². The third kappa shape index (κ3) is 4.47. The number of benzene rings is 1. The maximum Gasteiger partial charge on any atom is 0.227 e. The molecule has 144 valence electrons. The molecule has 0 saturated carbocycles. The zero-order valence-corrected chi connectivity index (χ0v) is 16.5. The van der Waals surface area contributed by atoms with Crippen molar-refractivity contribution in [1.82, 2.24) is 14.9 Å². The van der Waals surface area contributed by atoms with Crippen LogP contribution in [-0.2, 0) is 11.2 Å². The fourth-order valence-corrected chi connectivity index (χ4v) is 3.31. The fourth-order valence-electron chi connectivity index (χ4n) is 3.08. The molecule has 1 amide bonds. The summed E-state index contributed by atoms with van der Waals surface area (Å²) in [5, 5.41) is 0.287. The number of rotatable bonds is 4. The molecule has 1 aromatic heterocycles. The Balaban J connectivity index is 1.64. The molecule has 1 saturated heterocycles. The molecular weight excluding hydrogens is 369 g/mol. The highest BCUT2D eigenvalue weighted by Crippen LogP contribution is 2.22. The number of carbonyl (C=O) groups excluding carboxylic acids is 1. The number of anilines is 2. The normalized spacial score (nSPS) is 14.4. The number of carbonyl (C=O) groups is 1. The van der Waals surface area contributed by atoms with Crippen LogP contribution in [0.15, 0.2) is 24.3 Å². The molecule has 1 aromatic carbocycles. The van der Waals surface area contributed by atoms with E-state index in [9.17, 15) is 9.18 Å². The van der Waals surface area contributed by atoms with Crippen molar-refractivity contribution in [2.24, 2.45) is 0 Å². The molecule has 3 rings (SSSR count). The molecule has 27 heavy (non-hydrogen) atoms. The van der Waals surface area contributed by atoms with Crippen molar-refractivity contribution in [1.29, 1.82) is 0 Å². The van der Waals surface area contributed by atoms with Crippen LogP contribution in [0.2, 0.25) is 5.02 Å². The minimum Gasteiger partial charge on any atom is -0.363 e. The Labute approximate surface area is 163 Å². The molecule has 2 aromatic rings. The summed E-state index contributed by atoms with van der Waals surface area (Å²) in [7, 11) is 3.88. The molecule has 0 N–H and O–H groups in total. The standard InChI is InChI=1S/C19H23ClFN5O/c1-13-22-17(24(2)3)12-18(23-13)25-7-9-26(10-8-25)19(27)11-14-15(20)5-4-6-16(14)21/h4-6,12H,7-11H2,1-3H3. The van der Waals surface area contributed by atoms with Gasteiger partial charge in [0.15, 0.2) is 0 Å². The molecule has 0 bridgehead atoms. The van der Waals surface area contributed by atoms with Crippen LogP contribution in [0.5, 0.6) is 0 Å². The highest BCUT2D eigenvalue weighted by Gasteiger charge is 2.24. The smallest absolute Gasteiger partial charge is 0.227 e. The Bertz CT molecular complexity index is 817. The topological polar surface area (TPSA) is 52.6 Å². The zero-order chi connectivity index (χ0) is 19.6.